The van der Waals surface area contributed by atoms with Crippen LogP contribution in [-0.4, -0.2) is 11.5 Å². The molecule has 7 heteroatoms. The summed E-state index contributed by atoms with van der Waals surface area (Å²) in [5.74, 6) is -1.59. The Kier molecular flexibility index (Phi) is 5.26. The summed E-state index contributed by atoms with van der Waals surface area (Å²) in [5, 5.41) is 2.49. The number of hydrogen-bond donors (Lipinski definition) is 1. The number of fused-ring (bicyclic) bond motifs is 1. The van der Waals surface area contributed by atoms with Crippen molar-refractivity contribution in [3.63, 3.8) is 0 Å². The Morgan fingerprint density at radius 1 is 1.31 bits per heavy atom. The van der Waals surface area contributed by atoms with Gasteiger partial charge in [-0.2, -0.15) is 0 Å². The Morgan fingerprint density at radius 3 is 2.62 bits per heavy atom. The van der Waals surface area contributed by atoms with E-state index in [1.165, 1.54) is 18.2 Å². The second-order valence-corrected chi connectivity index (χ2v) is 7.45. The number of carbonyl (C=O) groups is 1. The number of rotatable bonds is 4. The van der Waals surface area contributed by atoms with Crippen LogP contribution in [0.3, 0.4) is 0 Å². The first-order valence-electron chi connectivity index (χ1n) is 8.27. The van der Waals surface area contributed by atoms with Gasteiger partial charge in [-0.05, 0) is 47.0 Å². The molecule has 138 valence electrons. The van der Waals surface area contributed by atoms with E-state index in [0.29, 0.717) is 30.6 Å². The molecule has 3 rings (SSSR count). The lowest BCUT2D eigenvalue weighted by molar-refractivity contribution is 0.0830. The van der Waals surface area contributed by atoms with Gasteiger partial charge in [0.1, 0.15) is 23.0 Å². The number of hydrogen-bond acceptors (Lipinski definition) is 2. The molecule has 1 amide bonds. The topological polar surface area (TPSA) is 38.3 Å². The average Bonchev–Trinajstić information content (AvgIpc) is 3.02. The lowest BCUT2D eigenvalue weighted by atomic mass is 9.91. The molecule has 1 heterocycles. The molecule has 0 bridgehead atoms. The lowest BCUT2D eigenvalue weighted by Gasteiger charge is -2.26. The molecule has 26 heavy (non-hydrogen) atoms. The summed E-state index contributed by atoms with van der Waals surface area (Å²) in [5.41, 5.74) is -0.00248. The number of benzene rings is 2. The summed E-state index contributed by atoms with van der Waals surface area (Å²) >= 11 is 9.20. The lowest BCUT2D eigenvalue weighted by Crippen LogP contribution is -2.32. The van der Waals surface area contributed by atoms with E-state index in [1.807, 2.05) is 13.8 Å². The number of amides is 1. The molecule has 2 aromatic carbocycles. The molecular weight excluding hydrogens is 428 g/mol. The molecule has 1 aliphatic heterocycles. The quantitative estimate of drug-likeness (QED) is 0.616. The van der Waals surface area contributed by atoms with Crippen molar-refractivity contribution in [2.45, 2.75) is 38.7 Å². The van der Waals surface area contributed by atoms with E-state index in [4.69, 9.17) is 16.3 Å². The number of nitrogens with one attached hydrogen (secondary N) is 1. The van der Waals surface area contributed by atoms with Crippen molar-refractivity contribution in [2.75, 3.05) is 5.32 Å². The highest BCUT2D eigenvalue weighted by Gasteiger charge is 2.40. The van der Waals surface area contributed by atoms with Gasteiger partial charge in [0.05, 0.1) is 20.7 Å². The maximum Gasteiger partial charge on any atom is 0.259 e. The fraction of sp³-hybridized carbons (Fsp3) is 0.316. The summed E-state index contributed by atoms with van der Waals surface area (Å²) in [6, 6.07) is 5.17. The highest BCUT2D eigenvalue weighted by Crippen LogP contribution is 2.45. The minimum atomic E-state index is -0.678. The Balaban J connectivity index is 2.04. The first-order chi connectivity index (χ1) is 12.3. The average molecular weight is 445 g/mol. The smallest absolute Gasteiger partial charge is 0.259 e. The molecule has 3 nitrogen and oxygen atoms in total. The molecule has 0 unspecified atom stereocenters. The van der Waals surface area contributed by atoms with Gasteiger partial charge in [-0.3, -0.25) is 4.79 Å². The van der Waals surface area contributed by atoms with Gasteiger partial charge in [0.15, 0.2) is 0 Å². The highest BCUT2D eigenvalue weighted by molar-refractivity contribution is 9.10. The van der Waals surface area contributed by atoms with Gasteiger partial charge in [0, 0.05) is 12.0 Å². The predicted octanol–water partition coefficient (Wildman–Crippen LogP) is 6.13. The Bertz CT molecular complexity index is 864. The monoisotopic (exact) mass is 443 g/mol. The van der Waals surface area contributed by atoms with Crippen LogP contribution in [0, 0.1) is 11.6 Å². The van der Waals surface area contributed by atoms with Crippen molar-refractivity contribution in [1.82, 2.24) is 0 Å². The van der Waals surface area contributed by atoms with Gasteiger partial charge in [0.2, 0.25) is 0 Å². The van der Waals surface area contributed by atoms with Crippen LogP contribution in [0.2, 0.25) is 5.02 Å². The summed E-state index contributed by atoms with van der Waals surface area (Å²) in [7, 11) is 0. The van der Waals surface area contributed by atoms with Crippen LogP contribution in [0.25, 0.3) is 0 Å². The van der Waals surface area contributed by atoms with Gasteiger partial charge >= 0.3 is 0 Å². The number of para-hydroxylation sites is 1. The predicted molar refractivity (Wildman–Crippen MR) is 101 cm³/mol. The zero-order valence-electron chi connectivity index (χ0n) is 14.3. The van der Waals surface area contributed by atoms with Gasteiger partial charge < -0.3 is 10.1 Å². The van der Waals surface area contributed by atoms with E-state index in [0.717, 1.165) is 6.07 Å². The minimum Gasteiger partial charge on any atom is -0.486 e. The summed E-state index contributed by atoms with van der Waals surface area (Å²) in [6.45, 7) is 3.97. The Hall–Kier alpha value is -1.66. The van der Waals surface area contributed by atoms with Crippen molar-refractivity contribution >= 4 is 39.1 Å². The maximum atomic E-state index is 14.4. The minimum absolute atomic E-state index is 0.0174. The zero-order chi connectivity index (χ0) is 19.1. The highest BCUT2D eigenvalue weighted by atomic mass is 79.9. The molecule has 0 spiro atoms. The first-order valence-corrected chi connectivity index (χ1v) is 9.44. The molecule has 0 aromatic heterocycles. The Morgan fingerprint density at radius 2 is 2.00 bits per heavy atom. The maximum absolute atomic E-state index is 14.4. The molecule has 1 N–H and O–H groups in total. The van der Waals surface area contributed by atoms with Crippen molar-refractivity contribution in [3.05, 3.63) is 56.5 Å². The molecule has 0 fully saturated rings. The normalized spacial score (nSPS) is 14.7. The van der Waals surface area contributed by atoms with Crippen LogP contribution < -0.4 is 10.1 Å². The molecular formula is C19H17BrClF2NO2. The van der Waals surface area contributed by atoms with Gasteiger partial charge in [-0.15, -0.1) is 0 Å². The fourth-order valence-electron chi connectivity index (χ4n) is 3.12. The summed E-state index contributed by atoms with van der Waals surface area (Å²) in [4.78, 5) is 12.7. The molecule has 2 aromatic rings. The molecule has 1 aliphatic rings. The third-order valence-corrected chi connectivity index (χ3v) is 5.99. The van der Waals surface area contributed by atoms with Crippen LogP contribution in [0.15, 0.2) is 28.7 Å². The number of carbonyl (C=O) groups excluding carboxylic acids is 1. The van der Waals surface area contributed by atoms with Crippen LogP contribution in [0.5, 0.6) is 5.75 Å². The molecule has 0 aliphatic carbocycles. The number of halogens is 4. The molecule has 0 saturated carbocycles. The molecule has 0 saturated heterocycles. The zero-order valence-corrected chi connectivity index (χ0v) is 16.6. The third-order valence-electron chi connectivity index (χ3n) is 4.82. The Labute approximate surface area is 163 Å². The van der Waals surface area contributed by atoms with Crippen molar-refractivity contribution in [3.8, 4) is 5.75 Å². The second kappa shape index (κ2) is 7.16. The summed E-state index contributed by atoms with van der Waals surface area (Å²) < 4.78 is 34.7. The number of ether oxygens (including phenoxy) is 1. The van der Waals surface area contributed by atoms with Crippen molar-refractivity contribution in [2.24, 2.45) is 0 Å². The SMILES string of the molecule is CCC1(CC)Cc2c(Br)c(F)cc(C(=O)Nc3c(F)cccc3Cl)c2O1. The first kappa shape index (κ1) is 19.1. The largest absolute Gasteiger partial charge is 0.486 e. The van der Waals surface area contributed by atoms with Crippen LogP contribution in [-0.2, 0) is 6.42 Å². The van der Waals surface area contributed by atoms with Crippen molar-refractivity contribution < 1.29 is 18.3 Å². The fourth-order valence-corrected chi connectivity index (χ4v) is 3.77. The van der Waals surface area contributed by atoms with E-state index in [9.17, 15) is 13.6 Å². The van der Waals surface area contributed by atoms with E-state index >= 15 is 0 Å². The third kappa shape index (κ3) is 3.21. The van der Waals surface area contributed by atoms with Gasteiger partial charge in [-0.1, -0.05) is 31.5 Å². The van der Waals surface area contributed by atoms with E-state index in [1.54, 1.807) is 0 Å². The second-order valence-electron chi connectivity index (χ2n) is 6.25. The van der Waals surface area contributed by atoms with Crippen LogP contribution >= 0.6 is 27.5 Å². The standard InChI is InChI=1S/C19H17BrClF2NO2/c1-3-19(4-2)9-11-15(20)14(23)8-10(17(11)26-19)18(25)24-16-12(21)6-5-7-13(16)22/h5-8H,3-4,9H2,1-2H3,(H,24,25). The van der Waals surface area contributed by atoms with Gasteiger partial charge in [-0.25, -0.2) is 8.78 Å². The van der Waals surface area contributed by atoms with Crippen LogP contribution in [0.1, 0.15) is 42.6 Å². The molecule has 0 atom stereocenters. The number of anilines is 1. The van der Waals surface area contributed by atoms with Gasteiger partial charge in [0.25, 0.3) is 5.91 Å². The molecule has 0 radical (unpaired) electrons. The van der Waals surface area contributed by atoms with E-state index < -0.39 is 23.1 Å². The van der Waals surface area contributed by atoms with Crippen LogP contribution in [0.4, 0.5) is 14.5 Å². The van der Waals surface area contributed by atoms with E-state index in [-0.39, 0.29) is 20.7 Å². The summed E-state index contributed by atoms with van der Waals surface area (Å²) in [6.07, 6.45) is 1.92. The van der Waals surface area contributed by atoms with E-state index in [2.05, 4.69) is 21.2 Å². The van der Waals surface area contributed by atoms with Crippen molar-refractivity contribution in [1.29, 1.82) is 0 Å².